The molecule has 1 aromatic rings. The summed E-state index contributed by atoms with van der Waals surface area (Å²) < 4.78 is 5.52. The summed E-state index contributed by atoms with van der Waals surface area (Å²) in [7, 11) is 0. The summed E-state index contributed by atoms with van der Waals surface area (Å²) in [6, 6.07) is 0. The molecule has 2 fully saturated rings. The highest BCUT2D eigenvalue weighted by Gasteiger charge is 2.29. The van der Waals surface area contributed by atoms with Gasteiger partial charge in [0, 0.05) is 12.5 Å². The van der Waals surface area contributed by atoms with Crippen molar-refractivity contribution in [3.8, 4) is 0 Å². The Kier molecular flexibility index (Phi) is 1.62. The molecule has 1 saturated carbocycles. The van der Waals surface area contributed by atoms with Crippen LogP contribution in [0.15, 0.2) is 0 Å². The summed E-state index contributed by atoms with van der Waals surface area (Å²) in [5.41, 5.74) is 0. The lowest BCUT2D eigenvalue weighted by Crippen LogP contribution is -1.98. The van der Waals surface area contributed by atoms with Crippen LogP contribution in [-0.4, -0.2) is 21.8 Å². The minimum absolute atomic E-state index is 0.181. The fourth-order valence-corrected chi connectivity index (χ4v) is 1.75. The second-order valence-electron chi connectivity index (χ2n) is 3.85. The Morgan fingerprint density at radius 2 is 2.23 bits per heavy atom. The third kappa shape index (κ3) is 1.35. The molecule has 0 amide bonds. The van der Waals surface area contributed by atoms with Gasteiger partial charge in [-0.25, -0.2) is 4.98 Å². The standard InChI is InChI=1S/C9H13N3O/c1-2-7(13-5-1)9-10-8(11-12-9)6-3-4-6/h6-7H,1-5H2,(H,10,11,12). The predicted molar refractivity (Wildman–Crippen MR) is 46.3 cm³/mol. The van der Waals surface area contributed by atoms with E-state index in [1.165, 1.54) is 12.8 Å². The summed E-state index contributed by atoms with van der Waals surface area (Å²) in [6.07, 6.45) is 4.91. The summed E-state index contributed by atoms with van der Waals surface area (Å²) in [5, 5.41) is 7.19. The number of nitrogens with one attached hydrogen (secondary N) is 1. The van der Waals surface area contributed by atoms with E-state index in [9.17, 15) is 0 Å². The Morgan fingerprint density at radius 1 is 1.31 bits per heavy atom. The highest BCUT2D eigenvalue weighted by Crippen LogP contribution is 2.38. The van der Waals surface area contributed by atoms with Crippen LogP contribution in [-0.2, 0) is 4.74 Å². The molecule has 1 unspecified atom stereocenters. The van der Waals surface area contributed by atoms with E-state index in [1.807, 2.05) is 0 Å². The first kappa shape index (κ1) is 7.50. The van der Waals surface area contributed by atoms with Gasteiger partial charge in [0.25, 0.3) is 0 Å². The number of rotatable bonds is 2. The lowest BCUT2D eigenvalue weighted by molar-refractivity contribution is 0.105. The summed E-state index contributed by atoms with van der Waals surface area (Å²) in [6.45, 7) is 0.865. The lowest BCUT2D eigenvalue weighted by atomic mass is 10.2. The second kappa shape index (κ2) is 2.80. The topological polar surface area (TPSA) is 50.8 Å². The van der Waals surface area contributed by atoms with E-state index in [0.29, 0.717) is 5.92 Å². The Bertz CT molecular complexity index is 300. The second-order valence-corrected chi connectivity index (χ2v) is 3.85. The largest absolute Gasteiger partial charge is 0.370 e. The first-order valence-corrected chi connectivity index (χ1v) is 4.97. The van der Waals surface area contributed by atoms with Crippen LogP contribution >= 0.6 is 0 Å². The molecule has 3 rings (SSSR count). The van der Waals surface area contributed by atoms with Crippen molar-refractivity contribution in [1.29, 1.82) is 0 Å². The molecular formula is C9H13N3O. The number of hydrogen-bond donors (Lipinski definition) is 1. The molecule has 1 aliphatic heterocycles. The molecule has 0 bridgehead atoms. The number of hydrogen-bond acceptors (Lipinski definition) is 3. The molecule has 1 aromatic heterocycles. The van der Waals surface area contributed by atoms with Gasteiger partial charge >= 0.3 is 0 Å². The first-order valence-electron chi connectivity index (χ1n) is 4.97. The van der Waals surface area contributed by atoms with Gasteiger partial charge in [-0.3, -0.25) is 5.10 Å². The SMILES string of the molecule is C1COC(c2nc(C3CC3)n[nH]2)C1. The lowest BCUT2D eigenvalue weighted by Gasteiger charge is -2.02. The van der Waals surface area contributed by atoms with Gasteiger partial charge in [0.05, 0.1) is 0 Å². The predicted octanol–water partition coefficient (Wildman–Crippen LogP) is 1.53. The maximum Gasteiger partial charge on any atom is 0.153 e. The number of H-pyrrole nitrogens is 1. The Labute approximate surface area is 76.7 Å². The van der Waals surface area contributed by atoms with Gasteiger partial charge in [-0.15, -0.1) is 0 Å². The van der Waals surface area contributed by atoms with Crippen LogP contribution in [0.5, 0.6) is 0 Å². The van der Waals surface area contributed by atoms with Gasteiger partial charge in [0.15, 0.2) is 11.6 Å². The molecule has 2 aliphatic rings. The maximum atomic E-state index is 5.52. The average Bonchev–Trinajstić information content (AvgIpc) is 2.72. The molecule has 0 aromatic carbocycles. The van der Waals surface area contributed by atoms with E-state index in [-0.39, 0.29) is 6.10 Å². The third-order valence-electron chi connectivity index (χ3n) is 2.70. The van der Waals surface area contributed by atoms with Crippen LogP contribution in [0.1, 0.15) is 49.4 Å². The number of nitrogens with zero attached hydrogens (tertiary/aromatic N) is 2. The Hall–Kier alpha value is -0.900. The fourth-order valence-electron chi connectivity index (χ4n) is 1.75. The quantitative estimate of drug-likeness (QED) is 0.749. The highest BCUT2D eigenvalue weighted by molar-refractivity contribution is 5.06. The zero-order valence-electron chi connectivity index (χ0n) is 7.49. The zero-order chi connectivity index (χ0) is 8.67. The smallest absolute Gasteiger partial charge is 0.153 e. The van der Waals surface area contributed by atoms with Crippen LogP contribution in [0.25, 0.3) is 0 Å². The van der Waals surface area contributed by atoms with Gasteiger partial charge in [-0.05, 0) is 25.7 Å². The van der Waals surface area contributed by atoms with Crippen LogP contribution in [0.2, 0.25) is 0 Å². The number of aromatic nitrogens is 3. The highest BCUT2D eigenvalue weighted by atomic mass is 16.5. The van der Waals surface area contributed by atoms with E-state index in [0.717, 1.165) is 31.1 Å². The molecule has 4 heteroatoms. The molecular weight excluding hydrogens is 166 g/mol. The Morgan fingerprint density at radius 3 is 2.92 bits per heavy atom. The van der Waals surface area contributed by atoms with E-state index in [4.69, 9.17) is 4.74 Å². The summed E-state index contributed by atoms with van der Waals surface area (Å²) in [4.78, 5) is 4.46. The first-order chi connectivity index (χ1) is 6.43. The monoisotopic (exact) mass is 179 g/mol. The zero-order valence-corrected chi connectivity index (χ0v) is 7.49. The van der Waals surface area contributed by atoms with E-state index in [2.05, 4.69) is 15.2 Å². The number of ether oxygens (including phenoxy) is 1. The maximum absolute atomic E-state index is 5.52. The molecule has 4 nitrogen and oxygen atoms in total. The minimum atomic E-state index is 0.181. The van der Waals surface area contributed by atoms with Crippen LogP contribution in [0.4, 0.5) is 0 Å². The van der Waals surface area contributed by atoms with Crippen molar-refractivity contribution in [1.82, 2.24) is 15.2 Å². The molecule has 1 N–H and O–H groups in total. The van der Waals surface area contributed by atoms with Crippen LogP contribution < -0.4 is 0 Å². The van der Waals surface area contributed by atoms with Crippen molar-refractivity contribution in [2.75, 3.05) is 6.61 Å². The van der Waals surface area contributed by atoms with E-state index in [1.54, 1.807) is 0 Å². The van der Waals surface area contributed by atoms with Gasteiger partial charge in [-0.1, -0.05) is 0 Å². The molecule has 70 valence electrons. The molecule has 1 atom stereocenters. The van der Waals surface area contributed by atoms with Crippen LogP contribution in [0.3, 0.4) is 0 Å². The van der Waals surface area contributed by atoms with Crippen molar-refractivity contribution >= 4 is 0 Å². The molecule has 1 aliphatic carbocycles. The third-order valence-corrected chi connectivity index (χ3v) is 2.70. The van der Waals surface area contributed by atoms with Crippen molar-refractivity contribution < 1.29 is 4.74 Å². The van der Waals surface area contributed by atoms with Crippen LogP contribution in [0, 0.1) is 0 Å². The molecule has 2 heterocycles. The summed E-state index contributed by atoms with van der Waals surface area (Å²) in [5.74, 6) is 2.55. The fraction of sp³-hybridized carbons (Fsp3) is 0.778. The normalized spacial score (nSPS) is 28.2. The van der Waals surface area contributed by atoms with Gasteiger partial charge in [0.2, 0.25) is 0 Å². The van der Waals surface area contributed by atoms with Crippen molar-refractivity contribution in [2.45, 2.75) is 37.7 Å². The van der Waals surface area contributed by atoms with Crippen molar-refractivity contribution in [3.05, 3.63) is 11.6 Å². The van der Waals surface area contributed by atoms with Crippen molar-refractivity contribution in [2.24, 2.45) is 0 Å². The van der Waals surface area contributed by atoms with Crippen molar-refractivity contribution in [3.63, 3.8) is 0 Å². The minimum Gasteiger partial charge on any atom is -0.370 e. The van der Waals surface area contributed by atoms with Gasteiger partial charge < -0.3 is 4.74 Å². The number of aromatic amines is 1. The molecule has 13 heavy (non-hydrogen) atoms. The van der Waals surface area contributed by atoms with Gasteiger partial charge in [0.1, 0.15) is 6.10 Å². The van der Waals surface area contributed by atoms with E-state index < -0.39 is 0 Å². The molecule has 0 radical (unpaired) electrons. The van der Waals surface area contributed by atoms with E-state index >= 15 is 0 Å². The Balaban J connectivity index is 1.79. The van der Waals surface area contributed by atoms with Gasteiger partial charge in [-0.2, -0.15) is 5.10 Å². The average molecular weight is 179 g/mol. The molecule has 1 saturated heterocycles. The molecule has 0 spiro atoms. The summed E-state index contributed by atoms with van der Waals surface area (Å²) >= 11 is 0.